The van der Waals surface area contributed by atoms with Crippen molar-refractivity contribution in [1.82, 2.24) is 10.0 Å². The van der Waals surface area contributed by atoms with Crippen LogP contribution in [0, 0.1) is 11.3 Å². The smallest absolute Gasteiger partial charge is 0.225 e. The molecule has 152 valence electrons. The van der Waals surface area contributed by atoms with Crippen molar-refractivity contribution in [3.05, 3.63) is 65.7 Å². The van der Waals surface area contributed by atoms with Crippen molar-refractivity contribution in [2.45, 2.75) is 58.5 Å². The normalized spacial score (nSPS) is 15.1. The molecule has 5 heteroatoms. The summed E-state index contributed by atoms with van der Waals surface area (Å²) in [5, 5.41) is 3.04. The molecule has 0 radical (unpaired) electrons. The summed E-state index contributed by atoms with van der Waals surface area (Å²) in [4.78, 5) is 13.1. The third-order valence-corrected chi connectivity index (χ3v) is 5.91. The van der Waals surface area contributed by atoms with Crippen LogP contribution in [-0.4, -0.2) is 10.1 Å². The standard InChI is InChI=1S/C23H32N2O2S/c1-16(2)21(18-12-8-7-9-13-18)25-28(27)20-15-11-10-14-19(20)17(3)24-22(26)23(4,5)6/h7-17,21,25H,1-6H3,(H,24,26)/t17-,21-,28?/m1/s1. The van der Waals surface area contributed by atoms with Crippen molar-refractivity contribution in [1.29, 1.82) is 0 Å². The molecule has 0 aliphatic heterocycles. The van der Waals surface area contributed by atoms with Crippen LogP contribution in [0.25, 0.3) is 0 Å². The highest BCUT2D eigenvalue weighted by Crippen LogP contribution is 2.26. The SMILES string of the molecule is CC(C)[C@@H](NS(=O)c1ccccc1[C@@H](C)NC(=O)C(C)(C)C)c1ccccc1. The molecule has 0 saturated heterocycles. The molecular formula is C23H32N2O2S. The van der Waals surface area contributed by atoms with Gasteiger partial charge in [0.1, 0.15) is 11.0 Å². The first kappa shape index (κ1) is 22.3. The maximum absolute atomic E-state index is 13.2. The number of benzene rings is 2. The van der Waals surface area contributed by atoms with Crippen LogP contribution in [0.3, 0.4) is 0 Å². The fourth-order valence-electron chi connectivity index (χ4n) is 2.93. The number of carbonyl (C=O) groups is 1. The van der Waals surface area contributed by atoms with Gasteiger partial charge >= 0.3 is 0 Å². The predicted molar refractivity (Wildman–Crippen MR) is 116 cm³/mol. The summed E-state index contributed by atoms with van der Waals surface area (Å²) >= 11 is 0. The summed E-state index contributed by atoms with van der Waals surface area (Å²) in [6.45, 7) is 11.8. The van der Waals surface area contributed by atoms with Crippen LogP contribution in [0.4, 0.5) is 0 Å². The molecule has 2 aromatic carbocycles. The fourth-order valence-corrected chi connectivity index (χ4v) is 4.35. The monoisotopic (exact) mass is 400 g/mol. The molecule has 0 spiro atoms. The average molecular weight is 401 g/mol. The van der Waals surface area contributed by atoms with E-state index in [2.05, 4.69) is 23.9 Å². The topological polar surface area (TPSA) is 58.2 Å². The molecule has 2 rings (SSSR count). The fraction of sp³-hybridized carbons (Fsp3) is 0.435. The second kappa shape index (κ2) is 9.48. The van der Waals surface area contributed by atoms with Crippen molar-refractivity contribution < 1.29 is 9.00 Å². The van der Waals surface area contributed by atoms with Gasteiger partial charge in [0.05, 0.1) is 10.9 Å². The van der Waals surface area contributed by atoms with Gasteiger partial charge in [0.15, 0.2) is 0 Å². The van der Waals surface area contributed by atoms with E-state index in [4.69, 9.17) is 0 Å². The minimum Gasteiger partial charge on any atom is -0.349 e. The Bertz CT molecular complexity index is 813. The summed E-state index contributed by atoms with van der Waals surface area (Å²) in [5.41, 5.74) is 1.50. The second-order valence-electron chi connectivity index (χ2n) is 8.50. The molecule has 0 bridgehead atoms. The minimum atomic E-state index is -1.40. The zero-order valence-electron chi connectivity index (χ0n) is 17.7. The van der Waals surface area contributed by atoms with Crippen molar-refractivity contribution in [2.75, 3.05) is 0 Å². The number of amides is 1. The molecule has 1 amide bonds. The van der Waals surface area contributed by atoms with E-state index in [9.17, 15) is 9.00 Å². The molecule has 0 aliphatic carbocycles. The Morgan fingerprint density at radius 3 is 2.07 bits per heavy atom. The highest BCUT2D eigenvalue weighted by molar-refractivity contribution is 7.83. The van der Waals surface area contributed by atoms with Gasteiger partial charge in [-0.1, -0.05) is 83.1 Å². The van der Waals surface area contributed by atoms with Gasteiger partial charge in [0, 0.05) is 11.5 Å². The van der Waals surface area contributed by atoms with Crippen LogP contribution in [0.5, 0.6) is 0 Å². The molecule has 2 N–H and O–H groups in total. The van der Waals surface area contributed by atoms with E-state index in [0.29, 0.717) is 4.90 Å². The third kappa shape index (κ3) is 5.76. The van der Waals surface area contributed by atoms with Crippen molar-refractivity contribution in [3.63, 3.8) is 0 Å². The Balaban J connectivity index is 2.25. The van der Waals surface area contributed by atoms with Crippen LogP contribution in [0.1, 0.15) is 64.8 Å². The van der Waals surface area contributed by atoms with Gasteiger partial charge in [-0.25, -0.2) is 8.93 Å². The lowest BCUT2D eigenvalue weighted by Crippen LogP contribution is -2.37. The Labute approximate surface area is 171 Å². The van der Waals surface area contributed by atoms with Crippen molar-refractivity contribution in [3.8, 4) is 0 Å². The van der Waals surface area contributed by atoms with E-state index < -0.39 is 16.4 Å². The van der Waals surface area contributed by atoms with Gasteiger partial charge in [-0.3, -0.25) is 4.79 Å². The molecule has 0 saturated carbocycles. The van der Waals surface area contributed by atoms with Gasteiger partial charge in [0.2, 0.25) is 5.91 Å². The molecule has 28 heavy (non-hydrogen) atoms. The third-order valence-electron chi connectivity index (χ3n) is 4.67. The molecule has 0 aliphatic rings. The number of nitrogens with one attached hydrogen (secondary N) is 2. The summed E-state index contributed by atoms with van der Waals surface area (Å²) in [6, 6.07) is 17.4. The molecule has 1 unspecified atom stereocenters. The van der Waals surface area contributed by atoms with E-state index >= 15 is 0 Å². The van der Waals surface area contributed by atoms with Gasteiger partial charge in [0.25, 0.3) is 0 Å². The Kier molecular flexibility index (Phi) is 7.55. The van der Waals surface area contributed by atoms with Gasteiger partial charge < -0.3 is 5.32 Å². The minimum absolute atomic E-state index is 0.0297. The zero-order chi connectivity index (χ0) is 20.9. The van der Waals surface area contributed by atoms with E-state index in [1.807, 2.05) is 82.3 Å². The molecular weight excluding hydrogens is 368 g/mol. The Morgan fingerprint density at radius 1 is 0.929 bits per heavy atom. The van der Waals surface area contributed by atoms with Crippen LogP contribution < -0.4 is 10.0 Å². The largest absolute Gasteiger partial charge is 0.349 e. The summed E-state index contributed by atoms with van der Waals surface area (Å²) in [7, 11) is -1.40. The first-order valence-electron chi connectivity index (χ1n) is 9.74. The molecule has 0 aromatic heterocycles. The molecule has 0 fully saturated rings. The van der Waals surface area contributed by atoms with Gasteiger partial charge in [-0.05, 0) is 30.0 Å². The first-order valence-corrected chi connectivity index (χ1v) is 10.9. The zero-order valence-corrected chi connectivity index (χ0v) is 18.5. The van der Waals surface area contributed by atoms with E-state index in [-0.39, 0.29) is 23.9 Å². The number of rotatable bonds is 7. The van der Waals surface area contributed by atoms with Crippen LogP contribution in [-0.2, 0) is 15.8 Å². The predicted octanol–water partition coefficient (Wildman–Crippen LogP) is 4.92. The van der Waals surface area contributed by atoms with E-state index in [1.54, 1.807) is 0 Å². The molecule has 4 nitrogen and oxygen atoms in total. The number of hydrogen-bond acceptors (Lipinski definition) is 2. The van der Waals surface area contributed by atoms with Gasteiger partial charge in [-0.15, -0.1) is 0 Å². The number of hydrogen-bond donors (Lipinski definition) is 2. The van der Waals surface area contributed by atoms with Gasteiger partial charge in [-0.2, -0.15) is 0 Å². The van der Waals surface area contributed by atoms with Crippen LogP contribution >= 0.6 is 0 Å². The lowest BCUT2D eigenvalue weighted by Gasteiger charge is -2.25. The molecule has 2 aromatic rings. The van der Waals surface area contributed by atoms with Crippen LogP contribution in [0.2, 0.25) is 0 Å². The Hall–Kier alpha value is -1.98. The number of carbonyl (C=O) groups excluding carboxylic acids is 1. The van der Waals surface area contributed by atoms with Crippen molar-refractivity contribution in [2.24, 2.45) is 11.3 Å². The second-order valence-corrected chi connectivity index (χ2v) is 9.71. The average Bonchev–Trinajstić information content (AvgIpc) is 2.65. The molecule has 0 heterocycles. The maximum Gasteiger partial charge on any atom is 0.225 e. The van der Waals surface area contributed by atoms with Crippen LogP contribution in [0.15, 0.2) is 59.5 Å². The van der Waals surface area contributed by atoms with E-state index in [1.165, 1.54) is 0 Å². The lowest BCUT2D eigenvalue weighted by atomic mass is 9.94. The highest BCUT2D eigenvalue weighted by atomic mass is 32.2. The summed E-state index contributed by atoms with van der Waals surface area (Å²) in [5.74, 6) is 0.245. The Morgan fingerprint density at radius 2 is 1.50 bits per heavy atom. The quantitative estimate of drug-likeness (QED) is 0.693. The maximum atomic E-state index is 13.2. The summed E-state index contributed by atoms with van der Waals surface area (Å²) < 4.78 is 16.5. The molecule has 3 atom stereocenters. The van der Waals surface area contributed by atoms with Crippen molar-refractivity contribution >= 4 is 16.9 Å². The highest BCUT2D eigenvalue weighted by Gasteiger charge is 2.25. The first-order chi connectivity index (χ1) is 13.1. The van der Waals surface area contributed by atoms with E-state index in [0.717, 1.165) is 11.1 Å². The lowest BCUT2D eigenvalue weighted by molar-refractivity contribution is -0.129. The summed E-state index contributed by atoms with van der Waals surface area (Å²) in [6.07, 6.45) is 0.